The van der Waals surface area contributed by atoms with Gasteiger partial charge in [-0.2, -0.15) is 0 Å². The van der Waals surface area contributed by atoms with Gasteiger partial charge in [0, 0.05) is 27.7 Å². The molecule has 0 radical (unpaired) electrons. The highest BCUT2D eigenvalue weighted by Gasteiger charge is 2.05. The molecule has 0 saturated heterocycles. The lowest BCUT2D eigenvalue weighted by molar-refractivity contribution is 0.542. The van der Waals surface area contributed by atoms with Crippen molar-refractivity contribution in [3.63, 3.8) is 0 Å². The third kappa shape index (κ3) is 3.37. The SMILES string of the molecule is Cc1ccc(CC(C)NCc2csnn2)s1. The number of thiophene rings is 1. The average Bonchev–Trinajstić information content (AvgIpc) is 2.87. The zero-order valence-corrected chi connectivity index (χ0v) is 11.1. The van der Waals surface area contributed by atoms with Crippen LogP contribution in [0.4, 0.5) is 0 Å². The van der Waals surface area contributed by atoms with Gasteiger partial charge < -0.3 is 5.32 Å². The predicted molar refractivity (Wildman–Crippen MR) is 69.0 cm³/mol. The molecule has 0 fully saturated rings. The van der Waals surface area contributed by atoms with Gasteiger partial charge >= 0.3 is 0 Å². The van der Waals surface area contributed by atoms with E-state index in [9.17, 15) is 0 Å². The van der Waals surface area contributed by atoms with E-state index in [0.29, 0.717) is 6.04 Å². The van der Waals surface area contributed by atoms with E-state index in [4.69, 9.17) is 0 Å². The second-order valence-electron chi connectivity index (χ2n) is 3.89. The smallest absolute Gasteiger partial charge is 0.0893 e. The summed E-state index contributed by atoms with van der Waals surface area (Å²) in [6.45, 7) is 5.16. The van der Waals surface area contributed by atoms with E-state index in [1.807, 2.05) is 16.7 Å². The molecule has 1 atom stereocenters. The molecule has 0 spiro atoms. The molecule has 0 aliphatic heterocycles. The molecule has 86 valence electrons. The molecule has 0 aliphatic rings. The largest absolute Gasteiger partial charge is 0.308 e. The molecule has 3 nitrogen and oxygen atoms in total. The molecule has 0 aromatic carbocycles. The Morgan fingerprint density at radius 2 is 2.31 bits per heavy atom. The maximum absolute atomic E-state index is 4.01. The first-order valence-electron chi connectivity index (χ1n) is 5.28. The van der Waals surface area contributed by atoms with Crippen molar-refractivity contribution in [1.29, 1.82) is 0 Å². The highest BCUT2D eigenvalue weighted by atomic mass is 32.1. The number of nitrogens with one attached hydrogen (secondary N) is 1. The van der Waals surface area contributed by atoms with Crippen molar-refractivity contribution in [2.45, 2.75) is 32.9 Å². The van der Waals surface area contributed by atoms with Gasteiger partial charge in [0.05, 0.1) is 5.69 Å². The summed E-state index contributed by atoms with van der Waals surface area (Å²) in [4.78, 5) is 2.82. The Morgan fingerprint density at radius 3 is 2.94 bits per heavy atom. The Kier molecular flexibility index (Phi) is 4.04. The van der Waals surface area contributed by atoms with Gasteiger partial charge in [-0.05, 0) is 43.9 Å². The van der Waals surface area contributed by atoms with Gasteiger partial charge in [0.2, 0.25) is 0 Å². The van der Waals surface area contributed by atoms with Crippen LogP contribution in [0.1, 0.15) is 22.4 Å². The Labute approximate surface area is 104 Å². The molecule has 1 N–H and O–H groups in total. The molecule has 0 saturated carbocycles. The van der Waals surface area contributed by atoms with E-state index in [1.54, 1.807) is 0 Å². The van der Waals surface area contributed by atoms with E-state index in [2.05, 4.69) is 40.9 Å². The van der Waals surface area contributed by atoms with Gasteiger partial charge in [0.1, 0.15) is 0 Å². The molecule has 2 aromatic rings. The van der Waals surface area contributed by atoms with Crippen LogP contribution < -0.4 is 5.32 Å². The Bertz CT molecular complexity index is 422. The van der Waals surface area contributed by atoms with Crippen LogP contribution in [0.3, 0.4) is 0 Å². The van der Waals surface area contributed by atoms with E-state index in [1.165, 1.54) is 21.3 Å². The van der Waals surface area contributed by atoms with Crippen molar-refractivity contribution in [1.82, 2.24) is 14.9 Å². The van der Waals surface area contributed by atoms with Gasteiger partial charge in [-0.25, -0.2) is 0 Å². The molecular formula is C11H15N3S2. The first kappa shape index (κ1) is 11.7. The molecule has 5 heteroatoms. The van der Waals surface area contributed by atoms with Crippen LogP contribution in [0.15, 0.2) is 17.5 Å². The van der Waals surface area contributed by atoms with E-state index in [-0.39, 0.29) is 0 Å². The number of hydrogen-bond acceptors (Lipinski definition) is 5. The van der Waals surface area contributed by atoms with Gasteiger partial charge in [-0.1, -0.05) is 4.49 Å². The summed E-state index contributed by atoms with van der Waals surface area (Å²) >= 11 is 3.27. The lowest BCUT2D eigenvalue weighted by Crippen LogP contribution is -2.27. The summed E-state index contributed by atoms with van der Waals surface area (Å²) in [5.74, 6) is 0. The minimum absolute atomic E-state index is 0.472. The van der Waals surface area contributed by atoms with Crippen LogP contribution in [-0.2, 0) is 13.0 Å². The lowest BCUT2D eigenvalue weighted by atomic mass is 10.2. The molecular weight excluding hydrogens is 238 g/mol. The molecule has 0 aliphatic carbocycles. The van der Waals surface area contributed by atoms with Crippen molar-refractivity contribution in [2.24, 2.45) is 0 Å². The quantitative estimate of drug-likeness (QED) is 0.890. The highest BCUT2D eigenvalue weighted by Crippen LogP contribution is 2.16. The molecule has 16 heavy (non-hydrogen) atoms. The van der Waals surface area contributed by atoms with Crippen LogP contribution >= 0.6 is 22.9 Å². The third-order valence-corrected chi connectivity index (χ3v) is 3.92. The van der Waals surface area contributed by atoms with Crippen LogP contribution in [0.2, 0.25) is 0 Å². The molecule has 2 rings (SSSR count). The van der Waals surface area contributed by atoms with Crippen molar-refractivity contribution in [3.8, 4) is 0 Å². The van der Waals surface area contributed by atoms with Gasteiger partial charge in [0.15, 0.2) is 0 Å². The number of aromatic nitrogens is 2. The van der Waals surface area contributed by atoms with Gasteiger partial charge in [-0.15, -0.1) is 16.4 Å². The Morgan fingerprint density at radius 1 is 1.44 bits per heavy atom. The molecule has 0 amide bonds. The fourth-order valence-electron chi connectivity index (χ4n) is 1.51. The van der Waals surface area contributed by atoms with Crippen LogP contribution in [0.5, 0.6) is 0 Å². The minimum Gasteiger partial charge on any atom is -0.308 e. The lowest BCUT2D eigenvalue weighted by Gasteiger charge is -2.11. The van der Waals surface area contributed by atoms with Crippen LogP contribution in [-0.4, -0.2) is 15.6 Å². The number of hydrogen-bond donors (Lipinski definition) is 1. The first-order valence-corrected chi connectivity index (χ1v) is 6.94. The molecule has 1 unspecified atom stereocenters. The first-order chi connectivity index (χ1) is 7.74. The normalized spacial score (nSPS) is 12.9. The number of aryl methyl sites for hydroxylation is 1. The van der Waals surface area contributed by atoms with Gasteiger partial charge in [-0.3, -0.25) is 0 Å². The zero-order valence-electron chi connectivity index (χ0n) is 9.43. The summed E-state index contributed by atoms with van der Waals surface area (Å²) in [5, 5.41) is 9.44. The monoisotopic (exact) mass is 253 g/mol. The molecule has 0 bridgehead atoms. The topological polar surface area (TPSA) is 37.8 Å². The fraction of sp³-hybridized carbons (Fsp3) is 0.455. The van der Waals surface area contributed by atoms with E-state index >= 15 is 0 Å². The van der Waals surface area contributed by atoms with Gasteiger partial charge in [0.25, 0.3) is 0 Å². The van der Waals surface area contributed by atoms with Crippen molar-refractivity contribution in [2.75, 3.05) is 0 Å². The van der Waals surface area contributed by atoms with Crippen molar-refractivity contribution >= 4 is 22.9 Å². The van der Waals surface area contributed by atoms with Crippen LogP contribution in [0.25, 0.3) is 0 Å². The maximum Gasteiger partial charge on any atom is 0.0893 e. The van der Waals surface area contributed by atoms with E-state index < -0.39 is 0 Å². The second-order valence-corrected chi connectivity index (χ2v) is 5.88. The fourth-order valence-corrected chi connectivity index (χ4v) is 2.98. The standard InChI is InChI=1S/C11H15N3S2/c1-8(5-11-4-3-9(2)16-11)12-6-10-7-15-14-13-10/h3-4,7-8,12H,5-6H2,1-2H3. The summed E-state index contributed by atoms with van der Waals surface area (Å²) < 4.78 is 3.84. The summed E-state index contributed by atoms with van der Waals surface area (Å²) in [6, 6.07) is 4.86. The van der Waals surface area contributed by atoms with Crippen molar-refractivity contribution < 1.29 is 0 Å². The maximum atomic E-state index is 4.01. The second kappa shape index (κ2) is 5.52. The van der Waals surface area contributed by atoms with Crippen molar-refractivity contribution in [3.05, 3.63) is 33.0 Å². The third-order valence-electron chi connectivity index (χ3n) is 2.34. The minimum atomic E-state index is 0.472. The summed E-state index contributed by atoms with van der Waals surface area (Å²) in [7, 11) is 0. The average molecular weight is 253 g/mol. The Balaban J connectivity index is 1.78. The summed E-state index contributed by atoms with van der Waals surface area (Å²) in [5.41, 5.74) is 1.03. The highest BCUT2D eigenvalue weighted by molar-refractivity contribution is 7.11. The van der Waals surface area contributed by atoms with E-state index in [0.717, 1.165) is 18.7 Å². The molecule has 2 aromatic heterocycles. The summed E-state index contributed by atoms with van der Waals surface area (Å²) in [6.07, 6.45) is 1.08. The molecule has 2 heterocycles. The Hall–Kier alpha value is -0.780. The number of nitrogens with zero attached hydrogens (tertiary/aromatic N) is 2. The zero-order chi connectivity index (χ0) is 11.4. The number of rotatable bonds is 5. The van der Waals surface area contributed by atoms with Crippen LogP contribution in [0, 0.1) is 6.92 Å². The predicted octanol–water partition coefficient (Wildman–Crippen LogP) is 2.63.